The van der Waals surface area contributed by atoms with Crippen molar-refractivity contribution in [1.82, 2.24) is 19.7 Å². The fraction of sp³-hybridized carbons (Fsp3) is 0.227. The third kappa shape index (κ3) is 3.77. The van der Waals surface area contributed by atoms with E-state index in [1.807, 2.05) is 73.3 Å². The fourth-order valence-electron chi connectivity index (χ4n) is 3.28. The lowest BCUT2D eigenvalue weighted by atomic mass is 10.1. The zero-order valence-corrected chi connectivity index (χ0v) is 16.4. The maximum atomic E-state index is 12.6. The highest BCUT2D eigenvalue weighted by Crippen LogP contribution is 2.20. The zero-order valence-electron chi connectivity index (χ0n) is 16.4. The number of nitrogens with zero attached hydrogens (tertiary/aromatic N) is 4. The van der Waals surface area contributed by atoms with Gasteiger partial charge in [0.2, 0.25) is 5.95 Å². The van der Waals surface area contributed by atoms with Gasteiger partial charge in [0.25, 0.3) is 5.56 Å². The van der Waals surface area contributed by atoms with Gasteiger partial charge in [0.15, 0.2) is 5.65 Å². The van der Waals surface area contributed by atoms with Crippen LogP contribution in [-0.4, -0.2) is 37.9 Å². The number of rotatable bonds is 6. The molecule has 2 aromatic carbocycles. The first-order valence-electron chi connectivity index (χ1n) is 9.60. The monoisotopic (exact) mass is 389 g/mol. The van der Waals surface area contributed by atoms with Gasteiger partial charge in [-0.25, -0.2) is 4.68 Å². The molecule has 0 fully saturated rings. The Hall–Kier alpha value is -3.45. The molecule has 4 rings (SSSR count). The van der Waals surface area contributed by atoms with Crippen LogP contribution in [0.15, 0.2) is 65.6 Å². The summed E-state index contributed by atoms with van der Waals surface area (Å²) >= 11 is 0. The summed E-state index contributed by atoms with van der Waals surface area (Å²) in [4.78, 5) is 22.0. The summed E-state index contributed by atoms with van der Waals surface area (Å²) in [5, 5.41) is 15.4. The molecule has 2 aromatic heterocycles. The number of benzene rings is 2. The molecule has 0 aliphatic carbocycles. The summed E-state index contributed by atoms with van der Waals surface area (Å²) in [6.45, 7) is 4.86. The van der Waals surface area contributed by atoms with E-state index in [0.29, 0.717) is 30.1 Å². The van der Waals surface area contributed by atoms with Crippen LogP contribution in [0, 0.1) is 6.92 Å². The maximum Gasteiger partial charge on any atom is 0.263 e. The number of hydrogen-bond acceptors (Lipinski definition) is 5. The highest BCUT2D eigenvalue weighted by Gasteiger charge is 2.18. The molecule has 0 bridgehead atoms. The molecule has 0 radical (unpaired) electrons. The van der Waals surface area contributed by atoms with Crippen molar-refractivity contribution in [3.05, 3.63) is 82.3 Å². The zero-order chi connectivity index (χ0) is 20.4. The Morgan fingerprint density at radius 2 is 1.86 bits per heavy atom. The van der Waals surface area contributed by atoms with Gasteiger partial charge in [-0.1, -0.05) is 48.0 Å². The molecule has 0 saturated heterocycles. The Balaban J connectivity index is 1.70. The van der Waals surface area contributed by atoms with E-state index in [4.69, 9.17) is 0 Å². The number of aromatic amines is 1. The van der Waals surface area contributed by atoms with Crippen molar-refractivity contribution in [2.45, 2.75) is 20.0 Å². The summed E-state index contributed by atoms with van der Waals surface area (Å²) < 4.78 is 1.65. The third-order valence-electron chi connectivity index (χ3n) is 4.96. The molecule has 1 unspecified atom stereocenters. The lowest BCUT2D eigenvalue weighted by molar-refractivity contribution is 0.183. The summed E-state index contributed by atoms with van der Waals surface area (Å²) in [6.07, 6.45) is 0.825. The van der Waals surface area contributed by atoms with E-state index in [1.165, 1.54) is 6.20 Å². The van der Waals surface area contributed by atoms with Gasteiger partial charge < -0.3 is 10.0 Å². The molecule has 4 aromatic rings. The number of H-pyrrole nitrogens is 1. The average molecular weight is 389 g/mol. The van der Waals surface area contributed by atoms with E-state index < -0.39 is 6.10 Å². The largest absolute Gasteiger partial charge is 0.387 e. The molecule has 0 amide bonds. The molecular formula is C22H23N5O2. The van der Waals surface area contributed by atoms with Crippen LogP contribution in [0.4, 0.5) is 5.95 Å². The number of aliphatic hydroxyl groups excluding tert-OH is 1. The van der Waals surface area contributed by atoms with Crippen LogP contribution in [0.3, 0.4) is 0 Å². The molecule has 2 N–H and O–H groups in total. The minimum atomic E-state index is -0.699. The van der Waals surface area contributed by atoms with Gasteiger partial charge in [0.05, 0.1) is 24.5 Å². The number of aliphatic hydroxyl groups is 1. The molecule has 1 atom stereocenters. The Morgan fingerprint density at radius 1 is 1.14 bits per heavy atom. The lowest BCUT2D eigenvalue weighted by Gasteiger charge is -2.24. The summed E-state index contributed by atoms with van der Waals surface area (Å²) in [5.41, 5.74) is 3.02. The minimum Gasteiger partial charge on any atom is -0.387 e. The van der Waals surface area contributed by atoms with Crippen LogP contribution >= 0.6 is 0 Å². The maximum absolute atomic E-state index is 12.6. The third-order valence-corrected chi connectivity index (χ3v) is 4.96. The van der Waals surface area contributed by atoms with Crippen molar-refractivity contribution in [3.63, 3.8) is 0 Å². The van der Waals surface area contributed by atoms with Gasteiger partial charge in [-0.05, 0) is 31.5 Å². The Kier molecular flexibility index (Phi) is 5.14. The lowest BCUT2D eigenvalue weighted by Crippen LogP contribution is -2.31. The van der Waals surface area contributed by atoms with Crippen LogP contribution in [0.5, 0.6) is 0 Å². The summed E-state index contributed by atoms with van der Waals surface area (Å²) in [6, 6.07) is 17.3. The molecule has 7 heteroatoms. The van der Waals surface area contributed by atoms with Crippen molar-refractivity contribution >= 4 is 17.0 Å². The predicted molar refractivity (Wildman–Crippen MR) is 114 cm³/mol. The number of aromatic nitrogens is 4. The van der Waals surface area contributed by atoms with Crippen molar-refractivity contribution in [3.8, 4) is 5.69 Å². The summed E-state index contributed by atoms with van der Waals surface area (Å²) in [7, 11) is 0. The number of nitrogens with one attached hydrogen (secondary N) is 1. The first kappa shape index (κ1) is 18.9. The molecule has 0 aliphatic rings. The SMILES string of the molecule is CCN(CC(O)c1ccc(C)cc1)c1nc2c(cnn2-c2ccccc2)c(=O)[nH]1. The second-order valence-electron chi connectivity index (χ2n) is 6.98. The normalized spacial score (nSPS) is 12.2. The van der Waals surface area contributed by atoms with Crippen molar-refractivity contribution in [1.29, 1.82) is 0 Å². The highest BCUT2D eigenvalue weighted by atomic mass is 16.3. The van der Waals surface area contributed by atoms with Crippen LogP contribution < -0.4 is 10.5 Å². The molecule has 7 nitrogen and oxygen atoms in total. The van der Waals surface area contributed by atoms with Gasteiger partial charge in [0, 0.05) is 6.54 Å². The molecule has 0 aliphatic heterocycles. The number of aryl methyl sites for hydroxylation is 1. The molecule has 148 valence electrons. The van der Waals surface area contributed by atoms with E-state index in [-0.39, 0.29) is 5.56 Å². The quantitative estimate of drug-likeness (QED) is 0.529. The molecule has 2 heterocycles. The Labute approximate surface area is 168 Å². The van der Waals surface area contributed by atoms with Crippen LogP contribution in [0.1, 0.15) is 24.2 Å². The average Bonchev–Trinajstić information content (AvgIpc) is 3.17. The van der Waals surface area contributed by atoms with Crippen LogP contribution in [0.2, 0.25) is 0 Å². The van der Waals surface area contributed by atoms with Gasteiger partial charge in [-0.15, -0.1) is 0 Å². The second-order valence-corrected chi connectivity index (χ2v) is 6.98. The van der Waals surface area contributed by atoms with Gasteiger partial charge in [-0.3, -0.25) is 9.78 Å². The van der Waals surface area contributed by atoms with Crippen molar-refractivity contribution < 1.29 is 5.11 Å². The minimum absolute atomic E-state index is 0.254. The van der Waals surface area contributed by atoms with E-state index in [0.717, 1.165) is 16.8 Å². The van der Waals surface area contributed by atoms with Crippen LogP contribution in [0.25, 0.3) is 16.7 Å². The highest BCUT2D eigenvalue weighted by molar-refractivity contribution is 5.76. The second kappa shape index (κ2) is 7.89. The van der Waals surface area contributed by atoms with Gasteiger partial charge in [0.1, 0.15) is 5.39 Å². The van der Waals surface area contributed by atoms with Gasteiger partial charge in [-0.2, -0.15) is 10.1 Å². The molecule has 29 heavy (non-hydrogen) atoms. The fourth-order valence-corrected chi connectivity index (χ4v) is 3.28. The Bertz CT molecular complexity index is 1170. The standard InChI is InChI=1S/C22H23N5O2/c1-3-26(14-19(28)16-11-9-15(2)10-12-16)22-24-20-18(21(29)25-22)13-23-27(20)17-7-5-4-6-8-17/h4-13,19,28H,3,14H2,1-2H3,(H,24,25,29). The molecular weight excluding hydrogens is 366 g/mol. The topological polar surface area (TPSA) is 87.0 Å². The number of fused-ring (bicyclic) bond motifs is 1. The van der Waals surface area contributed by atoms with Gasteiger partial charge >= 0.3 is 0 Å². The number of likely N-dealkylation sites (N-methyl/N-ethyl adjacent to an activating group) is 1. The molecule has 0 saturated carbocycles. The first-order valence-corrected chi connectivity index (χ1v) is 9.60. The Morgan fingerprint density at radius 3 is 2.55 bits per heavy atom. The summed E-state index contributed by atoms with van der Waals surface area (Å²) in [5.74, 6) is 0.411. The van der Waals surface area contributed by atoms with E-state index in [9.17, 15) is 9.90 Å². The van der Waals surface area contributed by atoms with Crippen molar-refractivity contribution in [2.75, 3.05) is 18.0 Å². The molecule has 0 spiro atoms. The first-order chi connectivity index (χ1) is 14.1. The van der Waals surface area contributed by atoms with E-state index >= 15 is 0 Å². The number of anilines is 1. The van der Waals surface area contributed by atoms with Crippen LogP contribution in [-0.2, 0) is 0 Å². The van der Waals surface area contributed by atoms with E-state index in [1.54, 1.807) is 4.68 Å². The number of para-hydroxylation sites is 1. The smallest absolute Gasteiger partial charge is 0.263 e. The van der Waals surface area contributed by atoms with Crippen molar-refractivity contribution in [2.24, 2.45) is 0 Å². The predicted octanol–water partition coefficient (Wildman–Crippen LogP) is 2.98. The van der Waals surface area contributed by atoms with E-state index in [2.05, 4.69) is 15.1 Å². The number of hydrogen-bond donors (Lipinski definition) is 2.